The fraction of sp³-hybridized carbons (Fsp3) is 0.647. The molecule has 2 N–H and O–H groups in total. The zero-order valence-corrected chi connectivity index (χ0v) is 12.8. The number of benzene rings is 1. The Balaban J connectivity index is 1.91. The average molecular weight is 276 g/mol. The molecular formula is C17H28N2O. The molecule has 2 rings (SSSR count). The lowest BCUT2D eigenvalue weighted by atomic mass is 9.96. The summed E-state index contributed by atoms with van der Waals surface area (Å²) in [7, 11) is 0. The quantitative estimate of drug-likeness (QED) is 0.837. The maximum absolute atomic E-state index is 10.4. The predicted octanol–water partition coefficient (Wildman–Crippen LogP) is 2.43. The lowest BCUT2D eigenvalue weighted by Crippen LogP contribution is -2.41. The predicted molar refractivity (Wildman–Crippen MR) is 83.7 cm³/mol. The van der Waals surface area contributed by atoms with Gasteiger partial charge in [-0.05, 0) is 51.3 Å². The van der Waals surface area contributed by atoms with Crippen LogP contribution in [0.15, 0.2) is 30.3 Å². The first kappa shape index (κ1) is 15.5. The van der Waals surface area contributed by atoms with E-state index < -0.39 is 0 Å². The average Bonchev–Trinajstić information content (AvgIpc) is 2.48. The normalized spacial score (nSPS) is 18.6. The summed E-state index contributed by atoms with van der Waals surface area (Å²) in [4.78, 5) is 2.42. The molecule has 1 fully saturated rings. The molecule has 0 saturated carbocycles. The molecule has 0 radical (unpaired) electrons. The van der Waals surface area contributed by atoms with Crippen molar-refractivity contribution in [3.63, 3.8) is 0 Å². The highest BCUT2D eigenvalue weighted by molar-refractivity contribution is 5.17. The summed E-state index contributed by atoms with van der Waals surface area (Å²) >= 11 is 0. The first-order valence-electron chi connectivity index (χ1n) is 7.84. The third-order valence-corrected chi connectivity index (χ3v) is 4.27. The fourth-order valence-electron chi connectivity index (χ4n) is 2.89. The van der Waals surface area contributed by atoms with E-state index >= 15 is 0 Å². The van der Waals surface area contributed by atoms with Crippen molar-refractivity contribution in [3.05, 3.63) is 35.9 Å². The highest BCUT2D eigenvalue weighted by Gasteiger charge is 2.21. The Morgan fingerprint density at radius 1 is 1.20 bits per heavy atom. The van der Waals surface area contributed by atoms with Gasteiger partial charge in [-0.3, -0.25) is 4.90 Å². The van der Waals surface area contributed by atoms with Crippen molar-refractivity contribution >= 4 is 0 Å². The Morgan fingerprint density at radius 3 is 2.45 bits per heavy atom. The van der Waals surface area contributed by atoms with E-state index in [-0.39, 0.29) is 6.10 Å². The van der Waals surface area contributed by atoms with Crippen LogP contribution < -0.4 is 5.32 Å². The molecule has 0 spiro atoms. The summed E-state index contributed by atoms with van der Waals surface area (Å²) in [5, 5.41) is 13.8. The molecule has 20 heavy (non-hydrogen) atoms. The van der Waals surface area contributed by atoms with Crippen LogP contribution in [0.25, 0.3) is 0 Å². The van der Waals surface area contributed by atoms with Crippen LogP contribution in [0.1, 0.15) is 38.4 Å². The number of nitrogens with one attached hydrogen (secondary N) is 1. The number of hydrogen-bond donors (Lipinski definition) is 2. The zero-order valence-electron chi connectivity index (χ0n) is 12.8. The van der Waals surface area contributed by atoms with Crippen LogP contribution in [0.2, 0.25) is 0 Å². The summed E-state index contributed by atoms with van der Waals surface area (Å²) in [6.45, 7) is 8.54. The Morgan fingerprint density at radius 2 is 1.85 bits per heavy atom. The first-order valence-corrected chi connectivity index (χ1v) is 7.84. The van der Waals surface area contributed by atoms with Gasteiger partial charge in [-0.2, -0.15) is 0 Å². The van der Waals surface area contributed by atoms with E-state index in [4.69, 9.17) is 0 Å². The number of aliphatic hydroxyl groups is 1. The number of hydrogen-bond acceptors (Lipinski definition) is 3. The molecule has 3 heteroatoms. The van der Waals surface area contributed by atoms with Crippen molar-refractivity contribution < 1.29 is 5.11 Å². The first-order chi connectivity index (χ1) is 9.66. The topological polar surface area (TPSA) is 35.5 Å². The van der Waals surface area contributed by atoms with Gasteiger partial charge in [0.2, 0.25) is 0 Å². The van der Waals surface area contributed by atoms with Gasteiger partial charge in [0.05, 0.1) is 6.10 Å². The van der Waals surface area contributed by atoms with E-state index in [1.54, 1.807) is 0 Å². The largest absolute Gasteiger partial charge is 0.387 e. The Hall–Kier alpha value is -0.900. The van der Waals surface area contributed by atoms with Gasteiger partial charge in [0.1, 0.15) is 0 Å². The molecule has 0 bridgehead atoms. The Kier molecular flexibility index (Phi) is 6.02. The van der Waals surface area contributed by atoms with Crippen LogP contribution >= 0.6 is 0 Å². The molecular weight excluding hydrogens is 248 g/mol. The molecule has 0 aliphatic carbocycles. The summed E-state index contributed by atoms with van der Waals surface area (Å²) in [6.07, 6.45) is 2.12. The van der Waals surface area contributed by atoms with Gasteiger partial charge in [-0.15, -0.1) is 0 Å². The molecule has 1 saturated heterocycles. The third-order valence-electron chi connectivity index (χ3n) is 4.27. The fourth-order valence-corrected chi connectivity index (χ4v) is 2.89. The van der Waals surface area contributed by atoms with Gasteiger partial charge in [0.15, 0.2) is 0 Å². The molecule has 1 aromatic rings. The highest BCUT2D eigenvalue weighted by atomic mass is 16.3. The molecule has 1 aliphatic heterocycles. The van der Waals surface area contributed by atoms with Crippen molar-refractivity contribution in [1.29, 1.82) is 0 Å². The lowest BCUT2D eigenvalue weighted by Gasteiger charge is -2.34. The van der Waals surface area contributed by atoms with Crippen LogP contribution in [0.3, 0.4) is 0 Å². The minimum absolute atomic E-state index is 0.389. The Labute approximate surface area is 123 Å². The highest BCUT2D eigenvalue weighted by Crippen LogP contribution is 2.19. The van der Waals surface area contributed by atoms with E-state index in [1.807, 2.05) is 30.3 Å². The number of nitrogens with zero attached hydrogens (tertiary/aromatic N) is 1. The van der Waals surface area contributed by atoms with Crippen LogP contribution in [0, 0.1) is 5.92 Å². The summed E-state index contributed by atoms with van der Waals surface area (Å²) in [5.74, 6) is 0.765. The van der Waals surface area contributed by atoms with Crippen LogP contribution in [0.4, 0.5) is 0 Å². The maximum atomic E-state index is 10.4. The van der Waals surface area contributed by atoms with Gasteiger partial charge in [0.25, 0.3) is 0 Å². The van der Waals surface area contributed by atoms with Gasteiger partial charge in [-0.1, -0.05) is 30.3 Å². The lowest BCUT2D eigenvalue weighted by molar-refractivity contribution is 0.0798. The van der Waals surface area contributed by atoms with Crippen LogP contribution in [0.5, 0.6) is 0 Å². The number of aliphatic hydroxyl groups excluding tert-OH is 1. The van der Waals surface area contributed by atoms with Crippen LogP contribution in [-0.4, -0.2) is 42.2 Å². The van der Waals surface area contributed by atoms with E-state index in [0.717, 1.165) is 37.7 Å². The second kappa shape index (κ2) is 7.77. The standard InChI is InChI=1S/C17H28N2O/c1-14(2)19(12-15-8-10-18-11-9-15)13-17(20)16-6-4-3-5-7-16/h3-7,14-15,17-18,20H,8-13H2,1-2H3. The van der Waals surface area contributed by atoms with Crippen molar-refractivity contribution in [3.8, 4) is 0 Å². The van der Waals surface area contributed by atoms with Gasteiger partial charge in [0, 0.05) is 19.1 Å². The molecule has 0 amide bonds. The summed E-state index contributed by atoms with van der Waals surface area (Å²) in [6, 6.07) is 10.5. The van der Waals surface area contributed by atoms with Crippen LogP contribution in [-0.2, 0) is 0 Å². The van der Waals surface area contributed by atoms with Gasteiger partial charge < -0.3 is 10.4 Å². The summed E-state index contributed by atoms with van der Waals surface area (Å²) < 4.78 is 0. The molecule has 1 unspecified atom stereocenters. The van der Waals surface area contributed by atoms with Gasteiger partial charge in [-0.25, -0.2) is 0 Å². The maximum Gasteiger partial charge on any atom is 0.0917 e. The van der Waals surface area contributed by atoms with E-state index in [0.29, 0.717) is 6.04 Å². The van der Waals surface area contributed by atoms with E-state index in [2.05, 4.69) is 24.1 Å². The van der Waals surface area contributed by atoms with E-state index in [1.165, 1.54) is 12.8 Å². The minimum Gasteiger partial charge on any atom is -0.387 e. The van der Waals surface area contributed by atoms with Crippen molar-refractivity contribution in [2.45, 2.75) is 38.8 Å². The smallest absolute Gasteiger partial charge is 0.0917 e. The molecule has 1 atom stereocenters. The monoisotopic (exact) mass is 276 g/mol. The van der Waals surface area contributed by atoms with E-state index in [9.17, 15) is 5.11 Å². The second-order valence-corrected chi connectivity index (χ2v) is 6.17. The number of piperidine rings is 1. The van der Waals surface area contributed by atoms with Crippen molar-refractivity contribution in [2.75, 3.05) is 26.2 Å². The Bertz CT molecular complexity index is 374. The molecule has 112 valence electrons. The molecule has 1 heterocycles. The molecule has 1 aromatic carbocycles. The third kappa shape index (κ3) is 4.58. The van der Waals surface area contributed by atoms with Gasteiger partial charge >= 0.3 is 0 Å². The number of rotatable bonds is 6. The minimum atomic E-state index is -0.389. The molecule has 3 nitrogen and oxygen atoms in total. The van der Waals surface area contributed by atoms with Crippen molar-refractivity contribution in [2.24, 2.45) is 5.92 Å². The molecule has 1 aliphatic rings. The summed E-state index contributed by atoms with van der Waals surface area (Å²) in [5.41, 5.74) is 1.02. The zero-order chi connectivity index (χ0) is 14.4. The second-order valence-electron chi connectivity index (χ2n) is 6.17. The SMILES string of the molecule is CC(C)N(CC1CCNCC1)CC(O)c1ccccc1. The molecule has 0 aromatic heterocycles. The van der Waals surface area contributed by atoms with Crippen molar-refractivity contribution in [1.82, 2.24) is 10.2 Å².